The molecule has 1 atom stereocenters. The van der Waals surface area contributed by atoms with E-state index in [-0.39, 0.29) is 12.3 Å². The van der Waals surface area contributed by atoms with Gasteiger partial charge in [0.25, 0.3) is 0 Å². The highest BCUT2D eigenvalue weighted by atomic mass is 16.2. The van der Waals surface area contributed by atoms with Gasteiger partial charge in [-0.1, -0.05) is 0 Å². The Morgan fingerprint density at radius 1 is 1.58 bits per heavy atom. The van der Waals surface area contributed by atoms with Crippen LogP contribution in [0.5, 0.6) is 0 Å². The molecule has 0 saturated carbocycles. The highest BCUT2D eigenvalue weighted by molar-refractivity contribution is 5.97. The number of terminal acetylenes is 1. The van der Waals surface area contributed by atoms with E-state index in [1.807, 2.05) is 6.07 Å². The van der Waals surface area contributed by atoms with Gasteiger partial charge in [-0.2, -0.15) is 0 Å². The third kappa shape index (κ3) is 3.24. The zero-order valence-electron chi connectivity index (χ0n) is 10.8. The molecule has 1 aliphatic rings. The third-order valence-corrected chi connectivity index (χ3v) is 3.12. The summed E-state index contributed by atoms with van der Waals surface area (Å²) in [6.07, 6.45) is 9.42. The van der Waals surface area contributed by atoms with E-state index in [1.165, 1.54) is 0 Å². The molecule has 1 fully saturated rings. The van der Waals surface area contributed by atoms with Crippen LogP contribution in [-0.2, 0) is 4.79 Å². The maximum Gasteiger partial charge on any atom is 0.242 e. The number of nitrogens with two attached hydrogens (primary N) is 1. The van der Waals surface area contributed by atoms with Crippen LogP contribution in [0, 0.1) is 12.3 Å². The van der Waals surface area contributed by atoms with Crippen molar-refractivity contribution in [3.8, 4) is 12.3 Å². The van der Waals surface area contributed by atoms with Crippen LogP contribution in [0.2, 0.25) is 0 Å². The minimum absolute atomic E-state index is 0.227. The van der Waals surface area contributed by atoms with Crippen LogP contribution in [0.4, 0.5) is 11.5 Å². The number of hydrogen-bond donors (Lipinski definition) is 2. The lowest BCUT2D eigenvalue weighted by atomic mass is 10.2. The fourth-order valence-electron chi connectivity index (χ4n) is 2.12. The van der Waals surface area contributed by atoms with Crippen LogP contribution < -0.4 is 16.0 Å². The number of rotatable bonds is 4. The number of carbonyl (C=O) groups is 1. The second-order valence-corrected chi connectivity index (χ2v) is 4.57. The standard InChI is InChI=1S/C14H18N4O/c1-2-6-11(15)14(19)17-12-7-5-8-16-13(12)18-9-3-4-10-18/h1,5,7-8,11H,3-4,6,9-10,15H2,(H,17,19). The SMILES string of the molecule is C#CCC(N)C(=O)Nc1cccnc1N1CCCC1. The Labute approximate surface area is 113 Å². The number of amides is 1. The number of pyridine rings is 1. The monoisotopic (exact) mass is 258 g/mol. The number of carbonyl (C=O) groups excluding carboxylic acids is 1. The second kappa shape index (κ2) is 6.21. The first-order valence-electron chi connectivity index (χ1n) is 6.42. The highest BCUT2D eigenvalue weighted by Gasteiger charge is 2.19. The molecule has 1 unspecified atom stereocenters. The van der Waals surface area contributed by atoms with Crippen molar-refractivity contribution >= 4 is 17.4 Å². The largest absolute Gasteiger partial charge is 0.355 e. The molecule has 100 valence electrons. The van der Waals surface area contributed by atoms with E-state index in [9.17, 15) is 4.79 Å². The smallest absolute Gasteiger partial charge is 0.242 e. The zero-order chi connectivity index (χ0) is 13.7. The predicted molar refractivity (Wildman–Crippen MR) is 75.7 cm³/mol. The quantitative estimate of drug-likeness (QED) is 0.789. The van der Waals surface area contributed by atoms with Gasteiger partial charge < -0.3 is 16.0 Å². The fourth-order valence-corrected chi connectivity index (χ4v) is 2.12. The van der Waals surface area contributed by atoms with Crippen LogP contribution >= 0.6 is 0 Å². The molecule has 2 rings (SSSR count). The van der Waals surface area contributed by atoms with Gasteiger partial charge in [0.15, 0.2) is 5.82 Å². The van der Waals surface area contributed by atoms with Gasteiger partial charge in [0, 0.05) is 25.7 Å². The van der Waals surface area contributed by atoms with Crippen LogP contribution in [0.3, 0.4) is 0 Å². The molecule has 0 spiro atoms. The van der Waals surface area contributed by atoms with E-state index in [4.69, 9.17) is 12.2 Å². The van der Waals surface area contributed by atoms with Crippen LogP contribution in [0.1, 0.15) is 19.3 Å². The van der Waals surface area contributed by atoms with Crippen molar-refractivity contribution in [3.05, 3.63) is 18.3 Å². The third-order valence-electron chi connectivity index (χ3n) is 3.12. The summed E-state index contributed by atoms with van der Waals surface area (Å²) in [6, 6.07) is 2.94. The molecule has 1 aromatic rings. The van der Waals surface area contributed by atoms with E-state index >= 15 is 0 Å². The van der Waals surface area contributed by atoms with Crippen molar-refractivity contribution < 1.29 is 4.79 Å². The lowest BCUT2D eigenvalue weighted by Gasteiger charge is -2.20. The first-order chi connectivity index (χ1) is 9.22. The predicted octanol–water partition coefficient (Wildman–Crippen LogP) is 0.971. The number of anilines is 2. The van der Waals surface area contributed by atoms with Gasteiger partial charge in [-0.15, -0.1) is 12.3 Å². The van der Waals surface area contributed by atoms with Gasteiger partial charge in [-0.25, -0.2) is 4.98 Å². The van der Waals surface area contributed by atoms with E-state index in [2.05, 4.69) is 21.1 Å². The Kier molecular flexibility index (Phi) is 4.37. The number of nitrogens with one attached hydrogen (secondary N) is 1. The normalized spacial score (nSPS) is 15.9. The average Bonchev–Trinajstić information content (AvgIpc) is 2.93. The van der Waals surface area contributed by atoms with E-state index in [0.717, 1.165) is 31.7 Å². The molecule has 19 heavy (non-hydrogen) atoms. The average molecular weight is 258 g/mol. The molecule has 1 aliphatic heterocycles. The Morgan fingerprint density at radius 2 is 2.32 bits per heavy atom. The highest BCUT2D eigenvalue weighted by Crippen LogP contribution is 2.26. The minimum Gasteiger partial charge on any atom is -0.355 e. The summed E-state index contributed by atoms with van der Waals surface area (Å²) >= 11 is 0. The van der Waals surface area contributed by atoms with Crippen LogP contribution in [0.25, 0.3) is 0 Å². The summed E-state index contributed by atoms with van der Waals surface area (Å²) in [4.78, 5) is 18.4. The number of nitrogens with zero attached hydrogens (tertiary/aromatic N) is 2. The molecule has 5 nitrogen and oxygen atoms in total. The summed E-state index contributed by atoms with van der Waals surface area (Å²) in [5.41, 5.74) is 6.39. The summed E-state index contributed by atoms with van der Waals surface area (Å²) in [5, 5.41) is 2.81. The van der Waals surface area contributed by atoms with Crippen molar-refractivity contribution in [1.82, 2.24) is 4.98 Å². The number of hydrogen-bond acceptors (Lipinski definition) is 4. The molecule has 1 aromatic heterocycles. The zero-order valence-corrected chi connectivity index (χ0v) is 10.8. The van der Waals surface area contributed by atoms with Crippen molar-refractivity contribution in [3.63, 3.8) is 0 Å². The molecule has 0 bridgehead atoms. The molecule has 0 radical (unpaired) electrons. The lowest BCUT2D eigenvalue weighted by Crippen LogP contribution is -2.35. The maximum atomic E-state index is 11.9. The topological polar surface area (TPSA) is 71.2 Å². The van der Waals surface area contributed by atoms with Gasteiger partial charge in [-0.3, -0.25) is 4.79 Å². The second-order valence-electron chi connectivity index (χ2n) is 4.57. The molecular weight excluding hydrogens is 240 g/mol. The molecule has 1 amide bonds. The Bertz CT molecular complexity index is 488. The van der Waals surface area contributed by atoms with Gasteiger partial charge in [0.1, 0.15) is 0 Å². The summed E-state index contributed by atoms with van der Waals surface area (Å²) in [5.74, 6) is 2.93. The number of aromatic nitrogens is 1. The lowest BCUT2D eigenvalue weighted by molar-refractivity contribution is -0.117. The molecule has 1 saturated heterocycles. The van der Waals surface area contributed by atoms with Crippen molar-refractivity contribution in [2.45, 2.75) is 25.3 Å². The van der Waals surface area contributed by atoms with Gasteiger partial charge in [-0.05, 0) is 25.0 Å². The van der Waals surface area contributed by atoms with Gasteiger partial charge in [0.05, 0.1) is 11.7 Å². The molecule has 2 heterocycles. The molecule has 0 aromatic carbocycles. The fraction of sp³-hybridized carbons (Fsp3) is 0.429. The van der Waals surface area contributed by atoms with E-state index < -0.39 is 6.04 Å². The van der Waals surface area contributed by atoms with Crippen molar-refractivity contribution in [2.75, 3.05) is 23.3 Å². The van der Waals surface area contributed by atoms with E-state index in [0.29, 0.717) is 5.69 Å². The van der Waals surface area contributed by atoms with E-state index in [1.54, 1.807) is 12.3 Å². The molecule has 3 N–H and O–H groups in total. The molecule has 5 heteroatoms. The first-order valence-corrected chi connectivity index (χ1v) is 6.42. The molecule has 0 aliphatic carbocycles. The molecular formula is C14H18N4O. The summed E-state index contributed by atoms with van der Waals surface area (Å²) < 4.78 is 0. The van der Waals surface area contributed by atoms with Gasteiger partial charge in [0.2, 0.25) is 5.91 Å². The van der Waals surface area contributed by atoms with Crippen molar-refractivity contribution in [2.24, 2.45) is 5.73 Å². The summed E-state index contributed by atoms with van der Waals surface area (Å²) in [7, 11) is 0. The first kappa shape index (κ1) is 13.4. The summed E-state index contributed by atoms with van der Waals surface area (Å²) in [6.45, 7) is 1.94. The minimum atomic E-state index is -0.684. The van der Waals surface area contributed by atoms with Crippen LogP contribution in [-0.4, -0.2) is 30.0 Å². The van der Waals surface area contributed by atoms with Gasteiger partial charge >= 0.3 is 0 Å². The maximum absolute atomic E-state index is 11.9. The Hall–Kier alpha value is -2.06. The Morgan fingerprint density at radius 3 is 3.00 bits per heavy atom. The van der Waals surface area contributed by atoms with Crippen molar-refractivity contribution in [1.29, 1.82) is 0 Å². The Balaban J connectivity index is 2.12. The van der Waals surface area contributed by atoms with Crippen LogP contribution in [0.15, 0.2) is 18.3 Å².